The summed E-state index contributed by atoms with van der Waals surface area (Å²) in [7, 11) is 2.11. The standard InChI is InChI=1S/C11H11N3OS.C5H11NO/c12-5-7-9(15)14-10(16)8(6-13)11(7)3-1-2-4-11;1-6-2-4-7-5-3-6/h7-8H,1-4H2,(H,14,15,16);2-5H2,1H3. The summed E-state index contributed by atoms with van der Waals surface area (Å²) in [5.41, 5.74) is -0.525. The van der Waals surface area contributed by atoms with Crippen LogP contribution >= 0.6 is 12.2 Å². The summed E-state index contributed by atoms with van der Waals surface area (Å²) >= 11 is 5.05. The first-order valence-electron chi connectivity index (χ1n) is 7.95. The summed E-state index contributed by atoms with van der Waals surface area (Å²) in [4.78, 5) is 14.3. The van der Waals surface area contributed by atoms with Gasteiger partial charge < -0.3 is 15.0 Å². The highest BCUT2D eigenvalue weighted by molar-refractivity contribution is 7.80. The number of nitrogens with zero attached hydrogens (tertiary/aromatic N) is 3. The highest BCUT2D eigenvalue weighted by Gasteiger charge is 2.55. The van der Waals surface area contributed by atoms with Crippen LogP contribution in [0.4, 0.5) is 0 Å². The van der Waals surface area contributed by atoms with Crippen molar-refractivity contribution in [3.63, 3.8) is 0 Å². The molecule has 2 heterocycles. The van der Waals surface area contributed by atoms with E-state index in [4.69, 9.17) is 22.2 Å². The van der Waals surface area contributed by atoms with Crippen LogP contribution < -0.4 is 5.32 Å². The molecule has 1 amide bonds. The number of likely N-dealkylation sites (N-methyl/N-ethyl adjacent to an activating group) is 1. The molecule has 2 atom stereocenters. The van der Waals surface area contributed by atoms with Crippen molar-refractivity contribution in [3.05, 3.63) is 0 Å². The summed E-state index contributed by atoms with van der Waals surface area (Å²) in [6.07, 6.45) is 3.42. The van der Waals surface area contributed by atoms with E-state index in [1.165, 1.54) is 0 Å². The summed E-state index contributed by atoms with van der Waals surface area (Å²) in [5, 5.41) is 20.8. The van der Waals surface area contributed by atoms with Gasteiger partial charge in [0.15, 0.2) is 0 Å². The Labute approximate surface area is 142 Å². The lowest BCUT2D eigenvalue weighted by molar-refractivity contribution is -0.127. The molecule has 3 aliphatic rings. The van der Waals surface area contributed by atoms with E-state index in [-0.39, 0.29) is 5.91 Å². The molecule has 3 fully saturated rings. The van der Waals surface area contributed by atoms with Crippen molar-refractivity contribution >= 4 is 23.1 Å². The third-order valence-electron chi connectivity index (χ3n) is 4.95. The van der Waals surface area contributed by atoms with E-state index in [0.29, 0.717) is 4.99 Å². The Kier molecular flexibility index (Phi) is 6.06. The summed E-state index contributed by atoms with van der Waals surface area (Å²) in [6.45, 7) is 4.02. The zero-order chi connectivity index (χ0) is 16.9. The fraction of sp³-hybridized carbons (Fsp3) is 0.750. The maximum Gasteiger partial charge on any atom is 0.242 e. The molecule has 1 spiro atoms. The third kappa shape index (κ3) is 3.69. The van der Waals surface area contributed by atoms with Crippen molar-refractivity contribution in [1.29, 1.82) is 10.5 Å². The quantitative estimate of drug-likeness (QED) is 0.670. The maximum absolute atomic E-state index is 11.7. The Balaban J connectivity index is 0.000000229. The van der Waals surface area contributed by atoms with Gasteiger partial charge in [0, 0.05) is 18.5 Å². The van der Waals surface area contributed by atoms with Crippen molar-refractivity contribution in [2.45, 2.75) is 25.7 Å². The molecule has 1 saturated carbocycles. The van der Waals surface area contributed by atoms with Crippen molar-refractivity contribution < 1.29 is 9.53 Å². The number of morpholine rings is 1. The lowest BCUT2D eigenvalue weighted by atomic mass is 9.63. The van der Waals surface area contributed by atoms with Gasteiger partial charge in [0.2, 0.25) is 5.91 Å². The number of nitrogens with one attached hydrogen (secondary N) is 1. The largest absolute Gasteiger partial charge is 0.379 e. The highest BCUT2D eigenvalue weighted by atomic mass is 32.1. The molecule has 23 heavy (non-hydrogen) atoms. The lowest BCUT2D eigenvalue weighted by Gasteiger charge is -2.40. The number of amides is 1. The zero-order valence-corrected chi connectivity index (χ0v) is 14.2. The van der Waals surface area contributed by atoms with E-state index in [2.05, 4.69) is 23.3 Å². The number of carbonyl (C=O) groups excluding carboxylic acids is 1. The number of carbonyl (C=O) groups is 1. The number of nitriles is 2. The van der Waals surface area contributed by atoms with Gasteiger partial charge in [-0.3, -0.25) is 4.79 Å². The normalized spacial score (nSPS) is 29.9. The van der Waals surface area contributed by atoms with Crippen LogP contribution in [0.15, 0.2) is 0 Å². The van der Waals surface area contributed by atoms with E-state index in [1.807, 2.05) is 6.07 Å². The van der Waals surface area contributed by atoms with Crippen LogP contribution in [0.5, 0.6) is 0 Å². The van der Waals surface area contributed by atoms with Crippen LogP contribution in [-0.4, -0.2) is 49.1 Å². The fourth-order valence-corrected chi connectivity index (χ4v) is 3.98. The van der Waals surface area contributed by atoms with E-state index < -0.39 is 17.3 Å². The number of thiocarbonyl (C=S) groups is 1. The minimum absolute atomic E-state index is 0.293. The molecule has 7 heteroatoms. The van der Waals surface area contributed by atoms with Gasteiger partial charge in [-0.2, -0.15) is 10.5 Å². The van der Waals surface area contributed by atoms with Gasteiger partial charge in [0.1, 0.15) is 11.8 Å². The first kappa shape index (κ1) is 17.8. The molecule has 2 saturated heterocycles. The van der Waals surface area contributed by atoms with Gasteiger partial charge in [-0.05, 0) is 19.9 Å². The topological polar surface area (TPSA) is 89.2 Å². The Morgan fingerprint density at radius 2 is 1.78 bits per heavy atom. The summed E-state index contributed by atoms with van der Waals surface area (Å²) in [6, 6.07) is 4.21. The van der Waals surface area contributed by atoms with Gasteiger partial charge >= 0.3 is 0 Å². The maximum atomic E-state index is 11.7. The average molecular weight is 334 g/mol. The molecule has 0 aromatic heterocycles. The van der Waals surface area contributed by atoms with E-state index in [1.54, 1.807) is 0 Å². The number of hydrogen-bond acceptors (Lipinski definition) is 6. The Morgan fingerprint density at radius 1 is 1.22 bits per heavy atom. The smallest absolute Gasteiger partial charge is 0.242 e. The number of rotatable bonds is 0. The second-order valence-electron chi connectivity index (χ2n) is 6.33. The van der Waals surface area contributed by atoms with Crippen LogP contribution in [0.2, 0.25) is 0 Å². The summed E-state index contributed by atoms with van der Waals surface area (Å²) in [5.74, 6) is -1.56. The van der Waals surface area contributed by atoms with E-state index in [9.17, 15) is 10.1 Å². The molecule has 124 valence electrons. The van der Waals surface area contributed by atoms with Crippen LogP contribution in [0, 0.1) is 39.9 Å². The molecule has 2 unspecified atom stereocenters. The predicted molar refractivity (Wildman–Crippen MR) is 88.2 cm³/mol. The lowest BCUT2D eigenvalue weighted by Crippen LogP contribution is -2.55. The predicted octanol–water partition coefficient (Wildman–Crippen LogP) is 1.23. The molecule has 2 aliphatic heterocycles. The van der Waals surface area contributed by atoms with Gasteiger partial charge in [-0.15, -0.1) is 0 Å². The number of piperidine rings is 1. The first-order valence-corrected chi connectivity index (χ1v) is 8.36. The molecule has 0 bridgehead atoms. The molecule has 1 aliphatic carbocycles. The average Bonchev–Trinajstić information content (AvgIpc) is 2.99. The molecule has 3 rings (SSSR count). The highest BCUT2D eigenvalue weighted by Crippen LogP contribution is 2.51. The first-order chi connectivity index (χ1) is 11.0. The zero-order valence-electron chi connectivity index (χ0n) is 13.4. The van der Waals surface area contributed by atoms with Crippen LogP contribution in [0.1, 0.15) is 25.7 Å². The van der Waals surface area contributed by atoms with Crippen molar-refractivity contribution in [2.24, 2.45) is 17.3 Å². The Morgan fingerprint density at radius 3 is 2.22 bits per heavy atom. The molecule has 6 nitrogen and oxygen atoms in total. The third-order valence-corrected chi connectivity index (χ3v) is 5.29. The molecule has 0 aromatic rings. The van der Waals surface area contributed by atoms with Gasteiger partial charge in [-0.25, -0.2) is 0 Å². The van der Waals surface area contributed by atoms with Crippen molar-refractivity contribution in [1.82, 2.24) is 10.2 Å². The monoisotopic (exact) mass is 334 g/mol. The van der Waals surface area contributed by atoms with Gasteiger partial charge in [0.05, 0.1) is 30.3 Å². The van der Waals surface area contributed by atoms with Gasteiger partial charge in [0.25, 0.3) is 0 Å². The van der Waals surface area contributed by atoms with Crippen LogP contribution in [0.3, 0.4) is 0 Å². The second kappa shape index (κ2) is 7.83. The number of hydrogen-bond donors (Lipinski definition) is 1. The van der Waals surface area contributed by atoms with Crippen molar-refractivity contribution in [3.8, 4) is 12.1 Å². The van der Waals surface area contributed by atoms with E-state index in [0.717, 1.165) is 52.0 Å². The molecule has 0 aromatic carbocycles. The Bertz CT molecular complexity index is 505. The van der Waals surface area contributed by atoms with E-state index >= 15 is 0 Å². The fourth-order valence-electron chi connectivity index (χ4n) is 3.59. The molecule has 0 radical (unpaired) electrons. The van der Waals surface area contributed by atoms with Crippen LogP contribution in [-0.2, 0) is 9.53 Å². The molecular weight excluding hydrogens is 312 g/mol. The van der Waals surface area contributed by atoms with Crippen molar-refractivity contribution in [2.75, 3.05) is 33.4 Å². The molecular formula is C16H22N4O2S. The number of ether oxygens (including phenoxy) is 1. The minimum atomic E-state index is -0.730. The second-order valence-corrected chi connectivity index (χ2v) is 6.77. The minimum Gasteiger partial charge on any atom is -0.379 e. The Hall–Kier alpha value is -1.54. The SMILES string of the molecule is CN1CCOCC1.N#CC1C(=O)NC(=S)C(C#N)C12CCCC2. The van der Waals surface area contributed by atoms with Crippen LogP contribution in [0.25, 0.3) is 0 Å². The molecule has 1 N–H and O–H groups in total. The van der Waals surface area contributed by atoms with Gasteiger partial charge in [-0.1, -0.05) is 25.1 Å². The summed E-state index contributed by atoms with van der Waals surface area (Å²) < 4.78 is 5.10.